The van der Waals surface area contributed by atoms with Crippen molar-refractivity contribution in [3.05, 3.63) is 64.1 Å². The number of ether oxygens (including phenoxy) is 1. The molecule has 0 aliphatic heterocycles. The molecule has 0 saturated carbocycles. The van der Waals surface area contributed by atoms with Gasteiger partial charge in [0, 0.05) is 0 Å². The summed E-state index contributed by atoms with van der Waals surface area (Å²) in [6.45, 7) is 0.156. The molecule has 0 spiro atoms. The molecule has 0 aromatic heterocycles. The highest BCUT2D eigenvalue weighted by atomic mass is 35.5. The van der Waals surface area contributed by atoms with Crippen molar-refractivity contribution in [2.75, 3.05) is 5.94 Å². The van der Waals surface area contributed by atoms with Gasteiger partial charge in [0.25, 0.3) is 0 Å². The molecule has 0 aliphatic carbocycles. The van der Waals surface area contributed by atoms with Gasteiger partial charge < -0.3 is 4.74 Å². The summed E-state index contributed by atoms with van der Waals surface area (Å²) >= 11 is 11.7. The van der Waals surface area contributed by atoms with Gasteiger partial charge in [-0.15, -0.1) is 0 Å². The second-order valence-corrected chi connectivity index (χ2v) is 6.89. The van der Waals surface area contributed by atoms with Crippen molar-refractivity contribution >= 4 is 33.0 Å². The maximum Gasteiger partial charge on any atom is 0.202 e. The molecule has 0 unspecified atom stereocenters. The highest BCUT2D eigenvalue weighted by Crippen LogP contribution is 2.23. The molecule has 6 heteroatoms. The summed E-state index contributed by atoms with van der Waals surface area (Å²) in [5.41, 5.74) is 0.766. The third kappa shape index (κ3) is 3.96. The number of halogens is 2. The quantitative estimate of drug-likeness (QED) is 0.833. The van der Waals surface area contributed by atoms with Gasteiger partial charge in [0.1, 0.15) is 0 Å². The summed E-state index contributed by atoms with van der Waals surface area (Å²) in [4.78, 5) is 0.245. The molecule has 0 saturated heterocycles. The fourth-order valence-electron chi connectivity index (χ4n) is 1.59. The highest BCUT2D eigenvalue weighted by molar-refractivity contribution is 7.91. The number of benzene rings is 2. The fraction of sp³-hybridized carbons (Fsp3) is 0.143. The minimum absolute atomic E-state index is 0.156. The SMILES string of the molecule is O=S(=O)(COCc1ccc(Cl)c(Cl)c1)c1ccccc1. The van der Waals surface area contributed by atoms with Gasteiger partial charge in [-0.1, -0.05) is 47.5 Å². The van der Waals surface area contributed by atoms with Crippen molar-refractivity contribution < 1.29 is 13.2 Å². The van der Waals surface area contributed by atoms with Gasteiger partial charge in [0.2, 0.25) is 9.84 Å². The first-order valence-electron chi connectivity index (χ1n) is 5.78. The Morgan fingerprint density at radius 2 is 1.65 bits per heavy atom. The molecular weight excluding hydrogens is 319 g/mol. The molecule has 20 heavy (non-hydrogen) atoms. The summed E-state index contributed by atoms with van der Waals surface area (Å²) in [6.07, 6.45) is 0. The van der Waals surface area contributed by atoms with E-state index in [2.05, 4.69) is 0 Å². The molecule has 0 N–H and O–H groups in total. The van der Waals surface area contributed by atoms with Crippen molar-refractivity contribution in [1.82, 2.24) is 0 Å². The molecule has 3 nitrogen and oxygen atoms in total. The van der Waals surface area contributed by atoms with Crippen molar-refractivity contribution in [1.29, 1.82) is 0 Å². The molecule has 2 rings (SSSR count). The highest BCUT2D eigenvalue weighted by Gasteiger charge is 2.13. The monoisotopic (exact) mass is 330 g/mol. The Bertz CT molecular complexity index is 685. The molecule has 0 atom stereocenters. The van der Waals surface area contributed by atoms with E-state index in [4.69, 9.17) is 27.9 Å². The fourth-order valence-corrected chi connectivity index (χ4v) is 2.93. The third-order valence-electron chi connectivity index (χ3n) is 2.59. The van der Waals surface area contributed by atoms with Crippen LogP contribution in [0.2, 0.25) is 10.0 Å². The van der Waals surface area contributed by atoms with E-state index < -0.39 is 9.84 Å². The second-order valence-electron chi connectivity index (χ2n) is 4.14. The molecule has 0 aliphatic rings. The Balaban J connectivity index is 1.97. The molecule has 0 heterocycles. The molecule has 0 amide bonds. The Labute approximate surface area is 128 Å². The molecule has 2 aromatic rings. The van der Waals surface area contributed by atoms with E-state index in [0.717, 1.165) is 5.56 Å². The topological polar surface area (TPSA) is 43.4 Å². The second kappa shape index (κ2) is 6.59. The van der Waals surface area contributed by atoms with E-state index in [1.54, 1.807) is 36.4 Å². The molecular formula is C14H12Cl2O3S. The zero-order valence-electron chi connectivity index (χ0n) is 10.4. The van der Waals surface area contributed by atoms with E-state index in [1.165, 1.54) is 12.1 Å². The van der Waals surface area contributed by atoms with Gasteiger partial charge in [-0.3, -0.25) is 0 Å². The Morgan fingerprint density at radius 3 is 2.30 bits per heavy atom. The summed E-state index contributed by atoms with van der Waals surface area (Å²) in [5, 5.41) is 0.867. The van der Waals surface area contributed by atoms with E-state index in [-0.39, 0.29) is 17.4 Å². The van der Waals surface area contributed by atoms with Crippen LogP contribution in [0, 0.1) is 0 Å². The summed E-state index contributed by atoms with van der Waals surface area (Å²) in [7, 11) is -3.43. The first-order chi connectivity index (χ1) is 9.49. The standard InChI is InChI=1S/C14H12Cl2O3S/c15-13-7-6-11(8-14(13)16)9-19-10-20(17,18)12-4-2-1-3-5-12/h1-8H,9-10H2. The summed E-state index contributed by atoms with van der Waals surface area (Å²) in [6, 6.07) is 13.2. The van der Waals surface area contributed by atoms with Crippen molar-refractivity contribution in [3.8, 4) is 0 Å². The minimum Gasteiger partial charge on any atom is -0.360 e. The Kier molecular flexibility index (Phi) is 5.05. The predicted octanol–water partition coefficient (Wildman–Crippen LogP) is 3.94. The van der Waals surface area contributed by atoms with E-state index in [0.29, 0.717) is 10.0 Å². The lowest BCUT2D eigenvalue weighted by molar-refractivity contribution is 0.163. The van der Waals surface area contributed by atoms with Crippen molar-refractivity contribution in [2.24, 2.45) is 0 Å². The largest absolute Gasteiger partial charge is 0.360 e. The van der Waals surface area contributed by atoms with Gasteiger partial charge >= 0.3 is 0 Å². The van der Waals surface area contributed by atoms with Crippen LogP contribution < -0.4 is 0 Å². The number of hydrogen-bond acceptors (Lipinski definition) is 3. The van der Waals surface area contributed by atoms with Gasteiger partial charge in [-0.2, -0.15) is 0 Å². The van der Waals surface area contributed by atoms with Crippen LogP contribution in [0.15, 0.2) is 53.4 Å². The lowest BCUT2D eigenvalue weighted by Crippen LogP contribution is -2.10. The predicted molar refractivity (Wildman–Crippen MR) is 79.7 cm³/mol. The van der Waals surface area contributed by atoms with Crippen LogP contribution in [0.3, 0.4) is 0 Å². The van der Waals surface area contributed by atoms with Crippen molar-refractivity contribution in [2.45, 2.75) is 11.5 Å². The van der Waals surface area contributed by atoms with Gasteiger partial charge in [-0.25, -0.2) is 8.42 Å². The maximum absolute atomic E-state index is 12.0. The average molecular weight is 331 g/mol. The summed E-state index contributed by atoms with van der Waals surface area (Å²) in [5.74, 6) is -0.378. The molecule has 0 bridgehead atoms. The number of sulfone groups is 1. The van der Waals surface area contributed by atoms with Crippen LogP contribution in [-0.4, -0.2) is 14.4 Å². The molecule has 106 valence electrons. The van der Waals surface area contributed by atoms with Crippen LogP contribution >= 0.6 is 23.2 Å². The van der Waals surface area contributed by atoms with Crippen LogP contribution in [0.1, 0.15) is 5.56 Å². The molecule has 0 fully saturated rings. The Hall–Kier alpha value is -1.07. The average Bonchev–Trinajstić information content (AvgIpc) is 2.44. The number of hydrogen-bond donors (Lipinski definition) is 0. The van der Waals surface area contributed by atoms with E-state index in [1.807, 2.05) is 0 Å². The third-order valence-corrected chi connectivity index (χ3v) is 4.80. The lowest BCUT2D eigenvalue weighted by atomic mass is 10.2. The van der Waals surface area contributed by atoms with Crippen LogP contribution in [0.4, 0.5) is 0 Å². The summed E-state index contributed by atoms with van der Waals surface area (Å²) < 4.78 is 29.2. The lowest BCUT2D eigenvalue weighted by Gasteiger charge is -2.07. The van der Waals surface area contributed by atoms with Crippen molar-refractivity contribution in [3.63, 3.8) is 0 Å². The molecule has 0 radical (unpaired) electrons. The van der Waals surface area contributed by atoms with Gasteiger partial charge in [-0.05, 0) is 29.8 Å². The van der Waals surface area contributed by atoms with E-state index >= 15 is 0 Å². The van der Waals surface area contributed by atoms with Crippen LogP contribution in [-0.2, 0) is 21.2 Å². The maximum atomic E-state index is 12.0. The first kappa shape index (κ1) is 15.3. The smallest absolute Gasteiger partial charge is 0.202 e. The van der Waals surface area contributed by atoms with E-state index in [9.17, 15) is 8.42 Å². The van der Waals surface area contributed by atoms with Gasteiger partial charge in [0.15, 0.2) is 5.94 Å². The zero-order chi connectivity index (χ0) is 14.6. The minimum atomic E-state index is -3.43. The zero-order valence-corrected chi connectivity index (χ0v) is 12.8. The molecule has 2 aromatic carbocycles. The first-order valence-corrected chi connectivity index (χ1v) is 8.19. The number of rotatable bonds is 5. The van der Waals surface area contributed by atoms with Gasteiger partial charge in [0.05, 0.1) is 21.5 Å². The Morgan fingerprint density at radius 1 is 0.950 bits per heavy atom. The normalized spacial score (nSPS) is 11.5. The van der Waals surface area contributed by atoms with Crippen LogP contribution in [0.25, 0.3) is 0 Å². The van der Waals surface area contributed by atoms with Crippen LogP contribution in [0.5, 0.6) is 0 Å².